The summed E-state index contributed by atoms with van der Waals surface area (Å²) in [7, 11) is 0. The molecule has 0 aromatic heterocycles. The molecule has 1 N–H and O–H groups in total. The van der Waals surface area contributed by atoms with Gasteiger partial charge in [-0.15, -0.1) is 0 Å². The van der Waals surface area contributed by atoms with Gasteiger partial charge in [0, 0.05) is 36.9 Å². The molecule has 1 aliphatic heterocycles. The van der Waals surface area contributed by atoms with E-state index < -0.39 is 0 Å². The van der Waals surface area contributed by atoms with Gasteiger partial charge in [-0.3, -0.25) is 14.5 Å². The number of anilines is 1. The van der Waals surface area contributed by atoms with Crippen LogP contribution in [0.5, 0.6) is 5.75 Å². The van der Waals surface area contributed by atoms with Gasteiger partial charge in [0.1, 0.15) is 5.75 Å². The third-order valence-corrected chi connectivity index (χ3v) is 5.27. The van der Waals surface area contributed by atoms with E-state index in [9.17, 15) is 9.59 Å². The number of nitrogens with one attached hydrogen (secondary N) is 1. The maximum Gasteiger partial charge on any atom is 0.260 e. The number of piperazine rings is 1. The largest absolute Gasteiger partial charge is 0.484 e. The minimum absolute atomic E-state index is 0.00528. The number of para-hydroxylation sites is 1. The lowest BCUT2D eigenvalue weighted by atomic mass is 10.1. The lowest BCUT2D eigenvalue weighted by Crippen LogP contribution is -2.51. The van der Waals surface area contributed by atoms with Crippen LogP contribution in [-0.2, 0) is 9.59 Å². The zero-order chi connectivity index (χ0) is 20.8. The average molecular weight is 416 g/mol. The molecule has 7 heteroatoms. The standard InChI is InChI=1S/C22H26ClN3O3/c1-16-4-3-5-17(2)22(16)24-20(27)14-25-10-12-26(13-11-25)21(28)15-29-19-8-6-18(23)7-9-19/h3-9H,10-15H2,1-2H3,(H,24,27). The van der Waals surface area contributed by atoms with E-state index in [4.69, 9.17) is 16.3 Å². The van der Waals surface area contributed by atoms with E-state index in [1.165, 1.54) is 0 Å². The van der Waals surface area contributed by atoms with E-state index in [1.807, 2.05) is 32.0 Å². The molecule has 29 heavy (non-hydrogen) atoms. The molecule has 0 atom stereocenters. The molecule has 2 aromatic rings. The molecular formula is C22H26ClN3O3. The highest BCUT2D eigenvalue weighted by Crippen LogP contribution is 2.19. The molecule has 0 spiro atoms. The number of aryl methyl sites for hydroxylation is 2. The van der Waals surface area contributed by atoms with E-state index in [1.54, 1.807) is 29.2 Å². The second-order valence-corrected chi connectivity index (χ2v) is 7.65. The van der Waals surface area contributed by atoms with Gasteiger partial charge in [0.15, 0.2) is 6.61 Å². The van der Waals surface area contributed by atoms with Gasteiger partial charge in [0.25, 0.3) is 5.91 Å². The highest BCUT2D eigenvalue weighted by Gasteiger charge is 2.23. The molecule has 1 aliphatic rings. The Hall–Kier alpha value is -2.57. The molecule has 6 nitrogen and oxygen atoms in total. The minimum atomic E-state index is -0.0559. The molecule has 2 amide bonds. The van der Waals surface area contributed by atoms with Gasteiger partial charge in [-0.25, -0.2) is 0 Å². The van der Waals surface area contributed by atoms with Crippen molar-refractivity contribution in [1.82, 2.24) is 9.80 Å². The fraction of sp³-hybridized carbons (Fsp3) is 0.364. The maximum atomic E-state index is 12.4. The summed E-state index contributed by atoms with van der Waals surface area (Å²) >= 11 is 5.84. The highest BCUT2D eigenvalue weighted by atomic mass is 35.5. The second kappa shape index (κ2) is 9.76. The number of rotatable bonds is 6. The predicted molar refractivity (Wildman–Crippen MR) is 115 cm³/mol. The number of hydrogen-bond acceptors (Lipinski definition) is 4. The van der Waals surface area contributed by atoms with Crippen molar-refractivity contribution in [1.29, 1.82) is 0 Å². The summed E-state index contributed by atoms with van der Waals surface area (Å²) in [6.45, 7) is 6.77. The Morgan fingerprint density at radius 2 is 1.62 bits per heavy atom. The Bertz CT molecular complexity index is 842. The van der Waals surface area contributed by atoms with Crippen molar-refractivity contribution >= 4 is 29.1 Å². The van der Waals surface area contributed by atoms with Crippen molar-refractivity contribution in [3.63, 3.8) is 0 Å². The van der Waals surface area contributed by atoms with Crippen LogP contribution < -0.4 is 10.1 Å². The van der Waals surface area contributed by atoms with Gasteiger partial charge < -0.3 is 15.0 Å². The van der Waals surface area contributed by atoms with Crippen LogP contribution in [0, 0.1) is 13.8 Å². The average Bonchev–Trinajstić information content (AvgIpc) is 2.71. The van der Waals surface area contributed by atoms with Crippen LogP contribution in [0.1, 0.15) is 11.1 Å². The van der Waals surface area contributed by atoms with Crippen LogP contribution in [-0.4, -0.2) is 60.9 Å². The van der Waals surface area contributed by atoms with Gasteiger partial charge in [-0.1, -0.05) is 29.8 Å². The van der Waals surface area contributed by atoms with Crippen molar-refractivity contribution in [3.05, 3.63) is 58.6 Å². The van der Waals surface area contributed by atoms with Gasteiger partial charge >= 0.3 is 0 Å². The Balaban J connectivity index is 1.42. The van der Waals surface area contributed by atoms with E-state index in [0.29, 0.717) is 43.5 Å². The van der Waals surface area contributed by atoms with E-state index >= 15 is 0 Å². The maximum absolute atomic E-state index is 12.4. The Morgan fingerprint density at radius 1 is 1.00 bits per heavy atom. The zero-order valence-corrected chi connectivity index (χ0v) is 17.5. The summed E-state index contributed by atoms with van der Waals surface area (Å²) < 4.78 is 5.53. The van der Waals surface area contributed by atoms with Crippen LogP contribution in [0.4, 0.5) is 5.69 Å². The number of ether oxygens (including phenoxy) is 1. The second-order valence-electron chi connectivity index (χ2n) is 7.21. The fourth-order valence-corrected chi connectivity index (χ4v) is 3.44. The number of hydrogen-bond donors (Lipinski definition) is 1. The molecule has 0 saturated carbocycles. The first-order chi connectivity index (χ1) is 13.9. The number of carbonyl (C=O) groups excluding carboxylic acids is 2. The van der Waals surface area contributed by atoms with Crippen molar-refractivity contribution in [2.75, 3.05) is 44.6 Å². The first-order valence-corrected chi connectivity index (χ1v) is 10.0. The first-order valence-electron chi connectivity index (χ1n) is 9.67. The number of carbonyl (C=O) groups is 2. The van der Waals surface area contributed by atoms with Gasteiger partial charge in [0.05, 0.1) is 6.54 Å². The highest BCUT2D eigenvalue weighted by molar-refractivity contribution is 6.30. The lowest BCUT2D eigenvalue weighted by molar-refractivity contribution is -0.135. The summed E-state index contributed by atoms with van der Waals surface area (Å²) in [6, 6.07) is 12.9. The molecule has 3 rings (SSSR count). The normalized spacial score (nSPS) is 14.5. The van der Waals surface area contributed by atoms with E-state index in [-0.39, 0.29) is 18.4 Å². The molecule has 1 fully saturated rings. The molecule has 1 saturated heterocycles. The molecule has 0 unspecified atom stereocenters. The molecule has 0 radical (unpaired) electrons. The predicted octanol–water partition coefficient (Wildman–Crippen LogP) is 3.12. The minimum Gasteiger partial charge on any atom is -0.484 e. The molecule has 0 aliphatic carbocycles. The number of benzene rings is 2. The topological polar surface area (TPSA) is 61.9 Å². The lowest BCUT2D eigenvalue weighted by Gasteiger charge is -2.34. The third-order valence-electron chi connectivity index (χ3n) is 5.01. The molecule has 2 aromatic carbocycles. The van der Waals surface area contributed by atoms with Crippen LogP contribution in [0.15, 0.2) is 42.5 Å². The van der Waals surface area contributed by atoms with Crippen molar-refractivity contribution in [2.45, 2.75) is 13.8 Å². The summed E-state index contributed by atoms with van der Waals surface area (Å²) in [5.41, 5.74) is 2.98. The number of amides is 2. The molecular weight excluding hydrogens is 390 g/mol. The Kier molecular flexibility index (Phi) is 7.12. The molecule has 154 valence electrons. The Labute approximate surface area is 176 Å². The monoisotopic (exact) mass is 415 g/mol. The quantitative estimate of drug-likeness (QED) is 0.787. The Morgan fingerprint density at radius 3 is 2.24 bits per heavy atom. The van der Waals surface area contributed by atoms with Crippen LogP contribution in [0.2, 0.25) is 5.02 Å². The van der Waals surface area contributed by atoms with Gasteiger partial charge in [0.2, 0.25) is 5.91 Å². The fourth-order valence-electron chi connectivity index (χ4n) is 3.32. The summed E-state index contributed by atoms with van der Waals surface area (Å²) in [5, 5.41) is 3.64. The van der Waals surface area contributed by atoms with E-state index in [0.717, 1.165) is 16.8 Å². The SMILES string of the molecule is Cc1cccc(C)c1NC(=O)CN1CCN(C(=O)COc2ccc(Cl)cc2)CC1. The molecule has 0 bridgehead atoms. The number of halogens is 1. The summed E-state index contributed by atoms with van der Waals surface area (Å²) in [4.78, 5) is 28.6. The smallest absolute Gasteiger partial charge is 0.260 e. The van der Waals surface area contributed by atoms with Crippen molar-refractivity contribution < 1.29 is 14.3 Å². The molecule has 1 heterocycles. The first kappa shape index (κ1) is 21.1. The van der Waals surface area contributed by atoms with E-state index in [2.05, 4.69) is 10.2 Å². The zero-order valence-electron chi connectivity index (χ0n) is 16.8. The van der Waals surface area contributed by atoms with Crippen LogP contribution >= 0.6 is 11.6 Å². The van der Waals surface area contributed by atoms with Gasteiger partial charge in [-0.2, -0.15) is 0 Å². The third kappa shape index (κ3) is 5.95. The van der Waals surface area contributed by atoms with Gasteiger partial charge in [-0.05, 0) is 49.2 Å². The van der Waals surface area contributed by atoms with Crippen molar-refractivity contribution in [3.8, 4) is 5.75 Å². The van der Waals surface area contributed by atoms with Crippen molar-refractivity contribution in [2.24, 2.45) is 0 Å². The number of nitrogens with zero attached hydrogens (tertiary/aromatic N) is 2. The van der Waals surface area contributed by atoms with Crippen LogP contribution in [0.25, 0.3) is 0 Å². The van der Waals surface area contributed by atoms with Crippen LogP contribution in [0.3, 0.4) is 0 Å². The summed E-state index contributed by atoms with van der Waals surface area (Å²) in [5.74, 6) is 0.525. The summed E-state index contributed by atoms with van der Waals surface area (Å²) in [6.07, 6.45) is 0.